The van der Waals surface area contributed by atoms with Crippen molar-refractivity contribution >= 4 is 33.1 Å². The molecule has 1 aliphatic heterocycles. The lowest BCUT2D eigenvalue weighted by molar-refractivity contribution is 0.0730. The van der Waals surface area contributed by atoms with E-state index in [-0.39, 0.29) is 17.5 Å². The Kier molecular flexibility index (Phi) is 4.71. The van der Waals surface area contributed by atoms with Gasteiger partial charge in [0.05, 0.1) is 16.6 Å². The maximum absolute atomic E-state index is 13.2. The molecule has 1 saturated heterocycles. The standard InChI is InChI=1S/C21H24N4O2S/c1-13-5-7-16(8-6-13)25-10-9-24(11-14(25)2)21(27)18-15(3)17-19(28-18)22-12-23(4)20(17)26/h5-8,12,14H,9-11H2,1-4H3. The third-order valence-electron chi connectivity index (χ3n) is 5.49. The number of carbonyl (C=O) groups is 1. The number of aromatic nitrogens is 2. The quantitative estimate of drug-likeness (QED) is 0.668. The lowest BCUT2D eigenvalue weighted by Crippen LogP contribution is -2.53. The molecule has 1 atom stereocenters. The van der Waals surface area contributed by atoms with Crippen LogP contribution in [0.3, 0.4) is 0 Å². The molecule has 0 aliphatic carbocycles. The molecule has 0 N–H and O–H groups in total. The molecular formula is C21H24N4O2S. The molecule has 1 amide bonds. The molecule has 28 heavy (non-hydrogen) atoms. The Bertz CT molecular complexity index is 1100. The third kappa shape index (κ3) is 3.09. The second kappa shape index (κ2) is 7.05. The van der Waals surface area contributed by atoms with E-state index in [1.54, 1.807) is 7.05 Å². The minimum absolute atomic E-state index is 0.00189. The summed E-state index contributed by atoms with van der Waals surface area (Å²) in [4.78, 5) is 35.5. The Balaban J connectivity index is 1.58. The summed E-state index contributed by atoms with van der Waals surface area (Å²) < 4.78 is 1.46. The maximum atomic E-state index is 13.2. The molecule has 146 valence electrons. The van der Waals surface area contributed by atoms with Crippen LogP contribution in [0.25, 0.3) is 10.2 Å². The van der Waals surface area contributed by atoms with Crippen LogP contribution in [0.1, 0.15) is 27.7 Å². The predicted molar refractivity (Wildman–Crippen MR) is 113 cm³/mol. The van der Waals surface area contributed by atoms with Crippen LogP contribution in [0.2, 0.25) is 0 Å². The second-order valence-corrected chi connectivity index (χ2v) is 8.53. The van der Waals surface area contributed by atoms with Crippen LogP contribution in [-0.4, -0.2) is 46.0 Å². The van der Waals surface area contributed by atoms with E-state index in [9.17, 15) is 9.59 Å². The topological polar surface area (TPSA) is 58.4 Å². The second-order valence-electron chi connectivity index (χ2n) is 7.53. The van der Waals surface area contributed by atoms with E-state index in [4.69, 9.17) is 0 Å². The minimum Gasteiger partial charge on any atom is -0.365 e. The van der Waals surface area contributed by atoms with Crippen LogP contribution in [0.4, 0.5) is 5.69 Å². The van der Waals surface area contributed by atoms with Gasteiger partial charge in [0.2, 0.25) is 0 Å². The third-order valence-corrected chi connectivity index (χ3v) is 6.67. The molecule has 3 heterocycles. The molecule has 7 heteroatoms. The number of fused-ring (bicyclic) bond motifs is 1. The van der Waals surface area contributed by atoms with Gasteiger partial charge in [0.15, 0.2) is 0 Å². The average Bonchev–Trinajstić information content (AvgIpc) is 3.02. The van der Waals surface area contributed by atoms with Crippen LogP contribution >= 0.6 is 11.3 Å². The molecule has 6 nitrogen and oxygen atoms in total. The molecule has 0 radical (unpaired) electrons. The van der Waals surface area contributed by atoms with E-state index in [2.05, 4.69) is 48.0 Å². The highest BCUT2D eigenvalue weighted by atomic mass is 32.1. The highest BCUT2D eigenvalue weighted by Crippen LogP contribution is 2.29. The molecule has 1 aromatic carbocycles. The lowest BCUT2D eigenvalue weighted by atomic mass is 10.1. The fourth-order valence-electron chi connectivity index (χ4n) is 3.82. The number of hydrogen-bond acceptors (Lipinski definition) is 5. The van der Waals surface area contributed by atoms with Gasteiger partial charge >= 0.3 is 0 Å². The van der Waals surface area contributed by atoms with E-state index in [1.165, 1.54) is 33.5 Å². The fourth-order valence-corrected chi connectivity index (χ4v) is 4.93. The predicted octanol–water partition coefficient (Wildman–Crippen LogP) is 2.96. The van der Waals surface area contributed by atoms with Gasteiger partial charge in [-0.15, -0.1) is 11.3 Å². The van der Waals surface area contributed by atoms with E-state index in [0.29, 0.717) is 28.2 Å². The summed E-state index contributed by atoms with van der Waals surface area (Å²) in [6.45, 7) is 8.19. The molecular weight excluding hydrogens is 372 g/mol. The molecule has 1 fully saturated rings. The van der Waals surface area contributed by atoms with Crippen LogP contribution in [0, 0.1) is 13.8 Å². The monoisotopic (exact) mass is 396 g/mol. The Hall–Kier alpha value is -2.67. The number of benzene rings is 1. The van der Waals surface area contributed by atoms with Gasteiger partial charge in [-0.2, -0.15) is 0 Å². The maximum Gasteiger partial charge on any atom is 0.264 e. The van der Waals surface area contributed by atoms with Crippen molar-refractivity contribution in [2.45, 2.75) is 26.8 Å². The zero-order valence-electron chi connectivity index (χ0n) is 16.6. The molecule has 2 aromatic heterocycles. The summed E-state index contributed by atoms with van der Waals surface area (Å²) in [5.41, 5.74) is 3.07. The van der Waals surface area contributed by atoms with Crippen molar-refractivity contribution in [3.05, 3.63) is 57.0 Å². The summed E-state index contributed by atoms with van der Waals surface area (Å²) in [6.07, 6.45) is 1.51. The molecule has 0 saturated carbocycles. The van der Waals surface area contributed by atoms with Gasteiger partial charge < -0.3 is 14.4 Å². The number of rotatable bonds is 2. The zero-order chi connectivity index (χ0) is 20.0. The van der Waals surface area contributed by atoms with Crippen molar-refractivity contribution < 1.29 is 4.79 Å². The Labute approximate surface area is 168 Å². The van der Waals surface area contributed by atoms with Gasteiger partial charge in [-0.25, -0.2) is 4.98 Å². The first kappa shape index (κ1) is 18.7. The van der Waals surface area contributed by atoms with Crippen LogP contribution in [0.15, 0.2) is 35.4 Å². The van der Waals surface area contributed by atoms with Crippen molar-refractivity contribution in [1.29, 1.82) is 0 Å². The van der Waals surface area contributed by atoms with Crippen LogP contribution in [0.5, 0.6) is 0 Å². The van der Waals surface area contributed by atoms with E-state index in [0.717, 1.165) is 12.1 Å². The normalized spacial score (nSPS) is 17.4. The number of amides is 1. The highest BCUT2D eigenvalue weighted by molar-refractivity contribution is 7.20. The summed E-state index contributed by atoms with van der Waals surface area (Å²) in [5.74, 6) is -0.00189. The molecule has 4 rings (SSSR count). The smallest absolute Gasteiger partial charge is 0.264 e. The first-order chi connectivity index (χ1) is 13.4. The van der Waals surface area contributed by atoms with Crippen molar-refractivity contribution in [2.75, 3.05) is 24.5 Å². The molecule has 1 unspecified atom stereocenters. The fraction of sp³-hybridized carbons (Fsp3) is 0.381. The number of thiophene rings is 1. The van der Waals surface area contributed by atoms with Gasteiger partial charge in [-0.05, 0) is 38.5 Å². The molecule has 0 bridgehead atoms. The van der Waals surface area contributed by atoms with Crippen molar-refractivity contribution in [3.63, 3.8) is 0 Å². The van der Waals surface area contributed by atoms with Gasteiger partial charge in [0, 0.05) is 38.4 Å². The lowest BCUT2D eigenvalue weighted by Gasteiger charge is -2.41. The number of carbonyl (C=O) groups excluding carboxylic acids is 1. The Morgan fingerprint density at radius 1 is 1.18 bits per heavy atom. The van der Waals surface area contributed by atoms with Crippen molar-refractivity contribution in [1.82, 2.24) is 14.5 Å². The number of hydrogen-bond donors (Lipinski definition) is 0. The Morgan fingerprint density at radius 3 is 2.57 bits per heavy atom. The number of anilines is 1. The number of aryl methyl sites for hydroxylation is 3. The molecule has 0 spiro atoms. The van der Waals surface area contributed by atoms with Crippen molar-refractivity contribution in [2.24, 2.45) is 7.05 Å². The largest absolute Gasteiger partial charge is 0.365 e. The first-order valence-corrected chi connectivity index (χ1v) is 10.3. The van der Waals surface area contributed by atoms with E-state index in [1.807, 2.05) is 11.8 Å². The van der Waals surface area contributed by atoms with Gasteiger partial charge in [-0.3, -0.25) is 9.59 Å². The van der Waals surface area contributed by atoms with Gasteiger partial charge in [0.25, 0.3) is 11.5 Å². The van der Waals surface area contributed by atoms with Gasteiger partial charge in [-0.1, -0.05) is 17.7 Å². The summed E-state index contributed by atoms with van der Waals surface area (Å²) >= 11 is 1.32. The summed E-state index contributed by atoms with van der Waals surface area (Å²) in [6, 6.07) is 8.74. The van der Waals surface area contributed by atoms with E-state index < -0.39 is 0 Å². The number of piperazine rings is 1. The molecule has 3 aromatic rings. The number of nitrogens with zero attached hydrogens (tertiary/aromatic N) is 4. The van der Waals surface area contributed by atoms with Crippen molar-refractivity contribution in [3.8, 4) is 0 Å². The molecule has 1 aliphatic rings. The average molecular weight is 397 g/mol. The summed E-state index contributed by atoms with van der Waals surface area (Å²) in [5, 5.41) is 0.560. The summed E-state index contributed by atoms with van der Waals surface area (Å²) in [7, 11) is 1.68. The zero-order valence-corrected chi connectivity index (χ0v) is 17.4. The first-order valence-electron chi connectivity index (χ1n) is 9.44. The minimum atomic E-state index is -0.102. The van der Waals surface area contributed by atoms with Crippen LogP contribution in [-0.2, 0) is 7.05 Å². The Morgan fingerprint density at radius 2 is 1.89 bits per heavy atom. The highest BCUT2D eigenvalue weighted by Gasteiger charge is 2.30. The van der Waals surface area contributed by atoms with E-state index >= 15 is 0 Å². The van der Waals surface area contributed by atoms with Crippen LogP contribution < -0.4 is 10.5 Å². The SMILES string of the molecule is Cc1ccc(N2CCN(C(=O)c3sc4ncn(C)c(=O)c4c3C)CC2C)cc1. The van der Waals surface area contributed by atoms with Gasteiger partial charge in [0.1, 0.15) is 4.83 Å².